The number of fused-ring (bicyclic) bond motifs is 1. The van der Waals surface area contributed by atoms with Crippen molar-refractivity contribution in [3.8, 4) is 0 Å². The van der Waals surface area contributed by atoms with Gasteiger partial charge in [0.15, 0.2) is 0 Å². The van der Waals surface area contributed by atoms with Crippen LogP contribution < -0.4 is 5.32 Å². The van der Waals surface area contributed by atoms with Crippen LogP contribution in [0.2, 0.25) is 0 Å². The van der Waals surface area contributed by atoms with E-state index in [0.29, 0.717) is 18.8 Å². The van der Waals surface area contributed by atoms with Gasteiger partial charge in [0, 0.05) is 23.7 Å². The van der Waals surface area contributed by atoms with Crippen LogP contribution in [0.15, 0.2) is 76.5 Å². The quantitative estimate of drug-likeness (QED) is 0.595. The maximum atomic E-state index is 12.7. The lowest BCUT2D eigenvalue weighted by molar-refractivity contribution is -0.113. The van der Waals surface area contributed by atoms with Crippen molar-refractivity contribution in [1.82, 2.24) is 4.31 Å². The Labute approximate surface area is 175 Å². The standard InChI is InChI=1S/C22H22N2O3S2/c25-22(16-28-20-11-10-17-6-1-2-7-18(17)14-20)23-19-8-5-9-21(15-19)29(26,27)24-12-3-4-13-24/h1-2,5-11,14-15H,3-4,12-13,16H2,(H,23,25). The Morgan fingerprint density at radius 1 is 0.931 bits per heavy atom. The van der Waals surface area contributed by atoms with Crippen LogP contribution >= 0.6 is 11.8 Å². The summed E-state index contributed by atoms with van der Waals surface area (Å²) in [6.07, 6.45) is 1.78. The van der Waals surface area contributed by atoms with E-state index in [1.165, 1.54) is 22.1 Å². The molecule has 1 aliphatic rings. The van der Waals surface area contributed by atoms with Crippen LogP contribution in [0.1, 0.15) is 12.8 Å². The number of rotatable bonds is 6. The van der Waals surface area contributed by atoms with E-state index in [4.69, 9.17) is 0 Å². The monoisotopic (exact) mass is 426 g/mol. The average Bonchev–Trinajstić information content (AvgIpc) is 3.28. The first-order valence-electron chi connectivity index (χ1n) is 9.54. The maximum Gasteiger partial charge on any atom is 0.243 e. The third kappa shape index (κ3) is 4.63. The molecule has 7 heteroatoms. The molecule has 1 N–H and O–H groups in total. The zero-order chi connectivity index (χ0) is 20.3. The lowest BCUT2D eigenvalue weighted by Gasteiger charge is -2.16. The summed E-state index contributed by atoms with van der Waals surface area (Å²) in [6.45, 7) is 1.11. The van der Waals surface area contributed by atoms with Crippen LogP contribution in [0.4, 0.5) is 5.69 Å². The minimum absolute atomic E-state index is 0.168. The molecule has 1 saturated heterocycles. The second kappa shape index (κ2) is 8.57. The second-order valence-electron chi connectivity index (χ2n) is 6.98. The van der Waals surface area contributed by atoms with Crippen molar-refractivity contribution in [3.63, 3.8) is 0 Å². The van der Waals surface area contributed by atoms with E-state index < -0.39 is 10.0 Å². The van der Waals surface area contributed by atoms with Gasteiger partial charge in [0.2, 0.25) is 15.9 Å². The summed E-state index contributed by atoms with van der Waals surface area (Å²) in [7, 11) is -3.50. The highest BCUT2D eigenvalue weighted by molar-refractivity contribution is 8.00. The van der Waals surface area contributed by atoms with E-state index >= 15 is 0 Å². The predicted octanol–water partition coefficient (Wildman–Crippen LogP) is 4.36. The van der Waals surface area contributed by atoms with Crippen LogP contribution in [-0.2, 0) is 14.8 Å². The molecule has 0 unspecified atom stereocenters. The van der Waals surface area contributed by atoms with Crippen molar-refractivity contribution in [2.45, 2.75) is 22.6 Å². The summed E-state index contributed by atoms with van der Waals surface area (Å²) in [4.78, 5) is 13.6. The normalized spacial score (nSPS) is 14.9. The molecule has 29 heavy (non-hydrogen) atoms. The fourth-order valence-electron chi connectivity index (χ4n) is 3.41. The lowest BCUT2D eigenvalue weighted by Crippen LogP contribution is -2.28. The summed E-state index contributed by atoms with van der Waals surface area (Å²) >= 11 is 1.45. The number of carbonyl (C=O) groups excluding carboxylic acids is 1. The van der Waals surface area contributed by atoms with Gasteiger partial charge >= 0.3 is 0 Å². The van der Waals surface area contributed by atoms with Gasteiger partial charge in [-0.1, -0.05) is 36.4 Å². The van der Waals surface area contributed by atoms with Gasteiger partial charge in [-0.15, -0.1) is 11.8 Å². The molecule has 0 atom stereocenters. The van der Waals surface area contributed by atoms with Gasteiger partial charge < -0.3 is 5.32 Å². The molecule has 0 saturated carbocycles. The zero-order valence-electron chi connectivity index (χ0n) is 15.9. The molecule has 0 bridgehead atoms. The van der Waals surface area contributed by atoms with Crippen LogP contribution in [0, 0.1) is 0 Å². The van der Waals surface area contributed by atoms with Gasteiger partial charge in [0.25, 0.3) is 0 Å². The van der Waals surface area contributed by atoms with Crippen LogP contribution in [0.3, 0.4) is 0 Å². The van der Waals surface area contributed by atoms with Gasteiger partial charge in [0.1, 0.15) is 0 Å². The Bertz CT molecular complexity index is 1140. The largest absolute Gasteiger partial charge is 0.325 e. The molecule has 0 radical (unpaired) electrons. The minimum atomic E-state index is -3.50. The number of nitrogens with one attached hydrogen (secondary N) is 1. The number of anilines is 1. The van der Waals surface area contributed by atoms with E-state index in [9.17, 15) is 13.2 Å². The lowest BCUT2D eigenvalue weighted by atomic mass is 10.1. The summed E-state index contributed by atoms with van der Waals surface area (Å²) in [5.74, 6) is 0.0837. The van der Waals surface area contributed by atoms with Crippen LogP contribution in [-0.4, -0.2) is 37.5 Å². The van der Waals surface area contributed by atoms with Crippen molar-refractivity contribution < 1.29 is 13.2 Å². The molecular weight excluding hydrogens is 404 g/mol. The van der Waals surface area contributed by atoms with Crippen molar-refractivity contribution in [2.24, 2.45) is 0 Å². The molecule has 0 aromatic heterocycles. The summed E-state index contributed by atoms with van der Waals surface area (Å²) < 4.78 is 26.9. The Morgan fingerprint density at radius 2 is 1.69 bits per heavy atom. The highest BCUT2D eigenvalue weighted by atomic mass is 32.2. The molecule has 0 aliphatic carbocycles. The fraction of sp³-hybridized carbons (Fsp3) is 0.227. The number of carbonyl (C=O) groups is 1. The maximum absolute atomic E-state index is 12.7. The molecule has 4 rings (SSSR count). The van der Waals surface area contributed by atoms with Gasteiger partial charge in [-0.3, -0.25) is 4.79 Å². The minimum Gasteiger partial charge on any atom is -0.325 e. The predicted molar refractivity (Wildman–Crippen MR) is 118 cm³/mol. The molecule has 1 amide bonds. The number of amides is 1. The van der Waals surface area contributed by atoms with Gasteiger partial charge in [-0.25, -0.2) is 8.42 Å². The van der Waals surface area contributed by atoms with Crippen LogP contribution in [0.25, 0.3) is 10.8 Å². The summed E-state index contributed by atoms with van der Waals surface area (Å²) in [6, 6.07) is 20.7. The molecule has 5 nitrogen and oxygen atoms in total. The Hall–Kier alpha value is -2.35. The zero-order valence-corrected chi connectivity index (χ0v) is 17.5. The number of hydrogen-bond acceptors (Lipinski definition) is 4. The molecule has 1 aliphatic heterocycles. The summed E-state index contributed by atoms with van der Waals surface area (Å²) in [5, 5.41) is 5.11. The number of nitrogens with zero attached hydrogens (tertiary/aromatic N) is 1. The van der Waals surface area contributed by atoms with E-state index in [-0.39, 0.29) is 16.6 Å². The fourth-order valence-corrected chi connectivity index (χ4v) is 5.72. The van der Waals surface area contributed by atoms with Crippen molar-refractivity contribution in [2.75, 3.05) is 24.2 Å². The SMILES string of the molecule is O=C(CSc1ccc2ccccc2c1)Nc1cccc(S(=O)(=O)N2CCCC2)c1. The van der Waals surface area contributed by atoms with Gasteiger partial charge in [0.05, 0.1) is 10.6 Å². The van der Waals surface area contributed by atoms with Crippen molar-refractivity contribution in [3.05, 3.63) is 66.7 Å². The third-order valence-electron chi connectivity index (χ3n) is 4.91. The highest BCUT2D eigenvalue weighted by Gasteiger charge is 2.27. The topological polar surface area (TPSA) is 66.5 Å². The first-order chi connectivity index (χ1) is 14.0. The highest BCUT2D eigenvalue weighted by Crippen LogP contribution is 2.25. The van der Waals surface area contributed by atoms with E-state index in [1.54, 1.807) is 18.2 Å². The molecule has 1 fully saturated rings. The number of sulfonamides is 1. The molecule has 1 heterocycles. The number of hydrogen-bond donors (Lipinski definition) is 1. The average molecular weight is 427 g/mol. The number of benzene rings is 3. The van der Waals surface area contributed by atoms with E-state index in [0.717, 1.165) is 28.5 Å². The van der Waals surface area contributed by atoms with Crippen molar-refractivity contribution in [1.29, 1.82) is 0 Å². The van der Waals surface area contributed by atoms with Crippen molar-refractivity contribution >= 4 is 44.2 Å². The van der Waals surface area contributed by atoms with E-state index in [1.807, 2.05) is 30.3 Å². The molecule has 3 aromatic rings. The van der Waals surface area contributed by atoms with Gasteiger partial charge in [-0.2, -0.15) is 4.31 Å². The third-order valence-corrected chi connectivity index (χ3v) is 7.80. The number of thioether (sulfide) groups is 1. The summed E-state index contributed by atoms with van der Waals surface area (Å²) in [5.41, 5.74) is 0.495. The Kier molecular flexibility index (Phi) is 5.89. The first kappa shape index (κ1) is 19.9. The Morgan fingerprint density at radius 3 is 2.48 bits per heavy atom. The first-order valence-corrected chi connectivity index (χ1v) is 12.0. The molecule has 0 spiro atoms. The van der Waals surface area contributed by atoms with Gasteiger partial charge in [-0.05, 0) is 53.9 Å². The van der Waals surface area contributed by atoms with E-state index in [2.05, 4.69) is 17.4 Å². The molecular formula is C22H22N2O3S2. The smallest absolute Gasteiger partial charge is 0.243 e. The van der Waals surface area contributed by atoms with Crippen LogP contribution in [0.5, 0.6) is 0 Å². The Balaban J connectivity index is 1.40. The molecule has 150 valence electrons. The second-order valence-corrected chi connectivity index (χ2v) is 9.97. The molecule has 3 aromatic carbocycles.